The Hall–Kier alpha value is -3.63. The summed E-state index contributed by atoms with van der Waals surface area (Å²) in [4.78, 5) is 36.6. The Kier molecular flexibility index (Phi) is 8.40. The Morgan fingerprint density at radius 1 is 1.14 bits per heavy atom. The van der Waals surface area contributed by atoms with Crippen molar-refractivity contribution < 1.29 is 19.0 Å². The number of ether oxygens (including phenoxy) is 3. The van der Waals surface area contributed by atoms with Gasteiger partial charge in [0, 0.05) is 25.2 Å². The summed E-state index contributed by atoms with van der Waals surface area (Å²) in [6, 6.07) is 10.9. The zero-order valence-corrected chi connectivity index (χ0v) is 21.0. The molecule has 1 aromatic heterocycles. The van der Waals surface area contributed by atoms with Crippen molar-refractivity contribution >= 4 is 28.2 Å². The van der Waals surface area contributed by atoms with Gasteiger partial charge in [-0.05, 0) is 33.0 Å². The van der Waals surface area contributed by atoms with E-state index in [2.05, 4.69) is 20.2 Å². The molecule has 0 bridgehead atoms. The lowest BCUT2D eigenvalue weighted by Gasteiger charge is -2.31. The number of para-hydroxylation sites is 1. The van der Waals surface area contributed by atoms with E-state index in [1.807, 2.05) is 32.0 Å². The Balaban J connectivity index is 1.48. The Morgan fingerprint density at radius 2 is 1.86 bits per heavy atom. The maximum atomic E-state index is 12.9. The first-order valence-electron chi connectivity index (χ1n) is 12.2. The maximum absolute atomic E-state index is 12.9. The van der Waals surface area contributed by atoms with Crippen molar-refractivity contribution in [3.63, 3.8) is 0 Å². The number of morpholine rings is 1. The third-order valence-corrected chi connectivity index (χ3v) is 5.78. The summed E-state index contributed by atoms with van der Waals surface area (Å²) in [7, 11) is 1.80. The molecule has 0 spiro atoms. The molecule has 0 aliphatic carbocycles. The van der Waals surface area contributed by atoms with Crippen LogP contribution in [0.3, 0.4) is 0 Å². The SMILES string of the molecule is CCOc1cc(N2CCOCC2)c(OCC)cc1NC(=O)CN(C)Cc1nc2ccccc2c(=O)[nH]1. The van der Waals surface area contributed by atoms with E-state index in [1.165, 1.54) is 0 Å². The molecule has 0 radical (unpaired) electrons. The van der Waals surface area contributed by atoms with E-state index >= 15 is 0 Å². The molecule has 10 nitrogen and oxygen atoms in total. The highest BCUT2D eigenvalue weighted by Gasteiger charge is 2.21. The van der Waals surface area contributed by atoms with Gasteiger partial charge in [-0.2, -0.15) is 0 Å². The molecule has 3 aromatic rings. The number of H-pyrrole nitrogens is 1. The van der Waals surface area contributed by atoms with Gasteiger partial charge in [0.05, 0.1) is 61.8 Å². The van der Waals surface area contributed by atoms with Crippen molar-refractivity contribution in [3.8, 4) is 11.5 Å². The second-order valence-corrected chi connectivity index (χ2v) is 8.53. The van der Waals surface area contributed by atoms with Crippen LogP contribution in [0.25, 0.3) is 10.9 Å². The predicted molar refractivity (Wildman–Crippen MR) is 139 cm³/mol. The number of benzene rings is 2. The number of nitrogens with zero attached hydrogens (tertiary/aromatic N) is 3. The van der Waals surface area contributed by atoms with Crippen LogP contribution in [0.2, 0.25) is 0 Å². The van der Waals surface area contributed by atoms with Crippen molar-refractivity contribution in [1.82, 2.24) is 14.9 Å². The highest BCUT2D eigenvalue weighted by atomic mass is 16.5. The molecular formula is C26H33N5O5. The Labute approximate surface area is 210 Å². The second kappa shape index (κ2) is 11.9. The zero-order valence-electron chi connectivity index (χ0n) is 21.0. The molecule has 0 atom stereocenters. The van der Waals surface area contributed by atoms with Crippen molar-refractivity contribution in [2.45, 2.75) is 20.4 Å². The number of aromatic amines is 1. The molecule has 4 rings (SSSR count). The highest BCUT2D eigenvalue weighted by Crippen LogP contribution is 2.39. The van der Waals surface area contributed by atoms with E-state index in [1.54, 1.807) is 30.1 Å². The van der Waals surface area contributed by atoms with E-state index in [0.29, 0.717) is 66.9 Å². The summed E-state index contributed by atoms with van der Waals surface area (Å²) >= 11 is 0. The summed E-state index contributed by atoms with van der Waals surface area (Å²) in [5.41, 5.74) is 1.90. The normalized spacial score (nSPS) is 13.7. The van der Waals surface area contributed by atoms with E-state index < -0.39 is 0 Å². The summed E-state index contributed by atoms with van der Waals surface area (Å²) < 4.78 is 17.3. The van der Waals surface area contributed by atoms with Crippen molar-refractivity contribution in [2.24, 2.45) is 0 Å². The second-order valence-electron chi connectivity index (χ2n) is 8.53. The van der Waals surface area contributed by atoms with Crippen LogP contribution in [0.15, 0.2) is 41.2 Å². The van der Waals surface area contributed by atoms with Gasteiger partial charge in [-0.25, -0.2) is 4.98 Å². The Bertz CT molecular complexity index is 1260. The third-order valence-electron chi connectivity index (χ3n) is 5.78. The van der Waals surface area contributed by atoms with Gasteiger partial charge < -0.3 is 29.4 Å². The number of amides is 1. The maximum Gasteiger partial charge on any atom is 0.258 e. The number of carbonyl (C=O) groups excluding carboxylic acids is 1. The van der Waals surface area contributed by atoms with E-state index in [9.17, 15) is 9.59 Å². The Morgan fingerprint density at radius 3 is 2.61 bits per heavy atom. The fraction of sp³-hybridized carbons (Fsp3) is 0.423. The first-order chi connectivity index (χ1) is 17.5. The van der Waals surface area contributed by atoms with Crippen molar-refractivity contribution in [1.29, 1.82) is 0 Å². The molecule has 36 heavy (non-hydrogen) atoms. The predicted octanol–water partition coefficient (Wildman–Crippen LogP) is 2.63. The van der Waals surface area contributed by atoms with Crippen LogP contribution in [-0.4, -0.2) is 73.9 Å². The molecule has 1 fully saturated rings. The van der Waals surface area contributed by atoms with Gasteiger partial charge in [-0.3, -0.25) is 14.5 Å². The molecule has 1 aliphatic rings. The minimum atomic E-state index is -0.219. The van der Waals surface area contributed by atoms with Gasteiger partial charge in [0.15, 0.2) is 0 Å². The zero-order chi connectivity index (χ0) is 25.5. The number of rotatable bonds is 10. The summed E-state index contributed by atoms with van der Waals surface area (Å²) in [6.45, 7) is 8.01. The number of hydrogen-bond acceptors (Lipinski definition) is 8. The standard InChI is InChI=1S/C26H33N5O5/c1-4-35-22-15-21(31-10-12-34-13-11-31)23(36-5-2)14-20(22)28-25(32)17-30(3)16-24-27-19-9-7-6-8-18(19)26(33)29-24/h6-9,14-15H,4-5,10-13,16-17H2,1-3H3,(H,28,32)(H,27,29,33). The number of fused-ring (bicyclic) bond motifs is 1. The lowest BCUT2D eigenvalue weighted by molar-refractivity contribution is -0.117. The minimum Gasteiger partial charge on any atom is -0.492 e. The summed E-state index contributed by atoms with van der Waals surface area (Å²) in [5.74, 6) is 1.55. The molecule has 0 unspecified atom stereocenters. The molecule has 192 valence electrons. The number of likely N-dealkylation sites (N-methyl/N-ethyl adjacent to an activating group) is 1. The fourth-order valence-electron chi connectivity index (χ4n) is 4.20. The number of anilines is 2. The van der Waals surface area contributed by atoms with Crippen molar-refractivity contribution in [2.75, 3.05) is 63.3 Å². The summed E-state index contributed by atoms with van der Waals surface area (Å²) in [6.07, 6.45) is 0. The number of nitrogens with one attached hydrogen (secondary N) is 2. The smallest absolute Gasteiger partial charge is 0.258 e. The van der Waals surface area contributed by atoms with Gasteiger partial charge in [-0.15, -0.1) is 0 Å². The number of hydrogen-bond donors (Lipinski definition) is 2. The third kappa shape index (κ3) is 6.13. The van der Waals surface area contributed by atoms with E-state index in [-0.39, 0.29) is 18.0 Å². The van der Waals surface area contributed by atoms with Crippen LogP contribution >= 0.6 is 0 Å². The van der Waals surface area contributed by atoms with E-state index in [0.717, 1.165) is 18.8 Å². The van der Waals surface area contributed by atoms with Crippen LogP contribution < -0.4 is 25.2 Å². The minimum absolute atomic E-state index is 0.0945. The van der Waals surface area contributed by atoms with Crippen molar-refractivity contribution in [3.05, 3.63) is 52.6 Å². The molecule has 1 amide bonds. The topological polar surface area (TPSA) is 109 Å². The van der Waals surface area contributed by atoms with E-state index in [4.69, 9.17) is 14.2 Å². The monoisotopic (exact) mass is 495 g/mol. The van der Waals surface area contributed by atoms with Crippen LogP contribution in [0.1, 0.15) is 19.7 Å². The highest BCUT2D eigenvalue weighted by molar-refractivity contribution is 5.94. The molecule has 2 heterocycles. The summed E-state index contributed by atoms with van der Waals surface area (Å²) in [5, 5.41) is 3.50. The first kappa shape index (κ1) is 25.5. The van der Waals surface area contributed by atoms with Gasteiger partial charge in [0.1, 0.15) is 17.3 Å². The number of aromatic nitrogens is 2. The quantitative estimate of drug-likeness (QED) is 0.442. The molecule has 2 N–H and O–H groups in total. The molecular weight excluding hydrogens is 462 g/mol. The molecule has 0 saturated carbocycles. The van der Waals surface area contributed by atoms with Crippen LogP contribution in [0.4, 0.5) is 11.4 Å². The lowest BCUT2D eigenvalue weighted by Crippen LogP contribution is -2.36. The van der Waals surface area contributed by atoms with Crippen LogP contribution in [0.5, 0.6) is 11.5 Å². The first-order valence-corrected chi connectivity index (χ1v) is 12.2. The van der Waals surface area contributed by atoms with Gasteiger partial charge in [0.2, 0.25) is 5.91 Å². The molecule has 10 heteroatoms. The molecule has 1 saturated heterocycles. The van der Waals surface area contributed by atoms with Gasteiger partial charge in [-0.1, -0.05) is 12.1 Å². The molecule has 1 aliphatic heterocycles. The van der Waals surface area contributed by atoms with Gasteiger partial charge >= 0.3 is 0 Å². The van der Waals surface area contributed by atoms with Crippen LogP contribution in [0, 0.1) is 0 Å². The fourth-order valence-corrected chi connectivity index (χ4v) is 4.20. The largest absolute Gasteiger partial charge is 0.492 e. The average Bonchev–Trinajstić information content (AvgIpc) is 2.86. The molecule has 2 aromatic carbocycles. The van der Waals surface area contributed by atoms with Gasteiger partial charge in [0.25, 0.3) is 5.56 Å². The average molecular weight is 496 g/mol. The van der Waals surface area contributed by atoms with Crippen LogP contribution in [-0.2, 0) is 16.1 Å². The lowest BCUT2D eigenvalue weighted by atomic mass is 10.2. The number of carbonyl (C=O) groups is 1.